The molecule has 4 aromatic rings. The first-order valence-corrected chi connectivity index (χ1v) is 10.4. The van der Waals surface area contributed by atoms with Crippen molar-refractivity contribution in [2.75, 3.05) is 6.54 Å². The predicted molar refractivity (Wildman–Crippen MR) is 117 cm³/mol. The number of carbonyl (C=O) groups excluding carboxylic acids is 1. The average Bonchev–Trinajstić information content (AvgIpc) is 3.44. The zero-order chi connectivity index (χ0) is 21.7. The summed E-state index contributed by atoms with van der Waals surface area (Å²) in [7, 11) is 3.85. The monoisotopic (exact) mass is 415 g/mol. The summed E-state index contributed by atoms with van der Waals surface area (Å²) < 4.78 is 5.94. The van der Waals surface area contributed by atoms with Crippen LogP contribution in [0.5, 0.6) is 0 Å². The fraction of sp³-hybridized carbons (Fsp3) is 0.304. The minimum absolute atomic E-state index is 0.0333. The lowest BCUT2D eigenvalue weighted by atomic mass is 10.0. The molecule has 0 spiro atoms. The first-order chi connectivity index (χ1) is 14.9. The Morgan fingerprint density at radius 2 is 1.71 bits per heavy atom. The number of benzene rings is 1. The van der Waals surface area contributed by atoms with Gasteiger partial charge in [-0.2, -0.15) is 5.10 Å². The fourth-order valence-electron chi connectivity index (χ4n) is 4.45. The van der Waals surface area contributed by atoms with E-state index in [1.54, 1.807) is 6.33 Å². The molecule has 4 heterocycles. The lowest BCUT2D eigenvalue weighted by Crippen LogP contribution is -2.36. The molecule has 5 rings (SSSR count). The van der Waals surface area contributed by atoms with Crippen LogP contribution < -0.4 is 0 Å². The summed E-state index contributed by atoms with van der Waals surface area (Å²) in [5.74, 6) is 0.749. The van der Waals surface area contributed by atoms with Crippen LogP contribution in [0.15, 0.2) is 42.7 Å². The van der Waals surface area contributed by atoms with E-state index in [-0.39, 0.29) is 5.91 Å². The highest BCUT2D eigenvalue weighted by Gasteiger charge is 2.29. The van der Waals surface area contributed by atoms with E-state index in [9.17, 15) is 4.79 Å². The van der Waals surface area contributed by atoms with Crippen LogP contribution in [-0.4, -0.2) is 46.5 Å². The number of amides is 1. The number of carbonyl (C=O) groups is 1. The third-order valence-corrected chi connectivity index (χ3v) is 6.10. The van der Waals surface area contributed by atoms with Crippen LogP contribution in [0.25, 0.3) is 17.2 Å². The zero-order valence-corrected chi connectivity index (χ0v) is 18.2. The van der Waals surface area contributed by atoms with Crippen LogP contribution in [0.3, 0.4) is 0 Å². The average molecular weight is 416 g/mol. The Morgan fingerprint density at radius 3 is 2.35 bits per heavy atom. The molecule has 0 unspecified atom stereocenters. The molecule has 158 valence electrons. The molecule has 0 aliphatic carbocycles. The molecular formula is C23H25N7O. The van der Waals surface area contributed by atoms with E-state index >= 15 is 0 Å². The highest BCUT2D eigenvalue weighted by Crippen LogP contribution is 2.29. The van der Waals surface area contributed by atoms with Crippen molar-refractivity contribution in [1.29, 1.82) is 0 Å². The van der Waals surface area contributed by atoms with E-state index in [2.05, 4.69) is 45.8 Å². The maximum absolute atomic E-state index is 13.3. The molecule has 8 heteroatoms. The molecule has 1 aliphatic heterocycles. The van der Waals surface area contributed by atoms with Crippen molar-refractivity contribution in [1.82, 2.24) is 34.0 Å². The maximum atomic E-state index is 13.3. The molecule has 0 saturated carbocycles. The number of aromatic nitrogens is 6. The SMILES string of the molecule is Cc1ccc(C)n1-c1ccc(C(=O)N2CCc3c(c(-c4nncn4C)nn3C)C2)cc1. The Kier molecular flexibility index (Phi) is 4.50. The second kappa shape index (κ2) is 7.23. The predicted octanol–water partition coefficient (Wildman–Crippen LogP) is 2.82. The van der Waals surface area contributed by atoms with Gasteiger partial charge in [-0.1, -0.05) is 0 Å². The molecule has 1 amide bonds. The molecule has 8 nitrogen and oxygen atoms in total. The first-order valence-electron chi connectivity index (χ1n) is 10.4. The van der Waals surface area contributed by atoms with E-state index in [0.717, 1.165) is 29.1 Å². The Balaban J connectivity index is 1.42. The van der Waals surface area contributed by atoms with Gasteiger partial charge in [0.1, 0.15) is 12.0 Å². The van der Waals surface area contributed by atoms with Gasteiger partial charge in [0.2, 0.25) is 0 Å². The Morgan fingerprint density at radius 1 is 1.00 bits per heavy atom. The molecule has 0 atom stereocenters. The van der Waals surface area contributed by atoms with Crippen LogP contribution in [0, 0.1) is 13.8 Å². The second-order valence-electron chi connectivity index (χ2n) is 8.14. The normalized spacial score (nSPS) is 13.5. The van der Waals surface area contributed by atoms with E-state index in [0.29, 0.717) is 24.5 Å². The summed E-state index contributed by atoms with van der Waals surface area (Å²) in [5.41, 5.74) is 7.10. The Labute approximate surface area is 180 Å². The van der Waals surface area contributed by atoms with E-state index in [4.69, 9.17) is 0 Å². The van der Waals surface area contributed by atoms with Gasteiger partial charge in [-0.25, -0.2) is 0 Å². The van der Waals surface area contributed by atoms with Gasteiger partial charge in [-0.3, -0.25) is 9.48 Å². The van der Waals surface area contributed by atoms with Gasteiger partial charge in [-0.15, -0.1) is 10.2 Å². The standard InChI is InChI=1S/C23H25N7O/c1-15-5-6-16(2)30(15)18-9-7-17(8-10-18)23(31)29-12-11-20-19(13-29)21(26-28(20)4)22-25-24-14-27(22)3/h5-10,14H,11-13H2,1-4H3. The summed E-state index contributed by atoms with van der Waals surface area (Å²) in [5, 5.41) is 12.9. The molecule has 0 saturated heterocycles. The van der Waals surface area contributed by atoms with Crippen LogP contribution >= 0.6 is 0 Å². The zero-order valence-electron chi connectivity index (χ0n) is 18.2. The van der Waals surface area contributed by atoms with Crippen molar-refractivity contribution in [2.24, 2.45) is 14.1 Å². The number of aryl methyl sites for hydroxylation is 4. The third kappa shape index (κ3) is 3.15. The first kappa shape index (κ1) is 19.3. The number of hydrogen-bond acceptors (Lipinski definition) is 4. The highest BCUT2D eigenvalue weighted by atomic mass is 16.2. The second-order valence-corrected chi connectivity index (χ2v) is 8.14. The lowest BCUT2D eigenvalue weighted by molar-refractivity contribution is 0.0733. The van der Waals surface area contributed by atoms with Crippen molar-refractivity contribution < 1.29 is 4.79 Å². The van der Waals surface area contributed by atoms with Crippen molar-refractivity contribution >= 4 is 5.91 Å². The topological polar surface area (TPSA) is 73.8 Å². The van der Waals surface area contributed by atoms with Crippen LogP contribution in [0.2, 0.25) is 0 Å². The third-order valence-electron chi connectivity index (χ3n) is 6.10. The Hall–Kier alpha value is -3.68. The highest BCUT2D eigenvalue weighted by molar-refractivity contribution is 5.94. The summed E-state index contributed by atoms with van der Waals surface area (Å²) in [6.07, 6.45) is 2.43. The number of hydrogen-bond donors (Lipinski definition) is 0. The molecule has 0 N–H and O–H groups in total. The lowest BCUT2D eigenvalue weighted by Gasteiger charge is -2.28. The van der Waals surface area contributed by atoms with Crippen molar-refractivity contribution in [3.63, 3.8) is 0 Å². The molecule has 0 bridgehead atoms. The van der Waals surface area contributed by atoms with Gasteiger partial charge in [-0.05, 0) is 50.2 Å². The minimum Gasteiger partial charge on any atom is -0.334 e. The maximum Gasteiger partial charge on any atom is 0.254 e. The largest absolute Gasteiger partial charge is 0.334 e. The molecule has 31 heavy (non-hydrogen) atoms. The fourth-order valence-corrected chi connectivity index (χ4v) is 4.45. The number of nitrogens with zero attached hydrogens (tertiary/aromatic N) is 7. The number of fused-ring (bicyclic) bond motifs is 1. The smallest absolute Gasteiger partial charge is 0.254 e. The molecule has 0 radical (unpaired) electrons. The molecule has 3 aromatic heterocycles. The van der Waals surface area contributed by atoms with Gasteiger partial charge in [0.25, 0.3) is 5.91 Å². The molecular weight excluding hydrogens is 390 g/mol. The molecule has 0 fully saturated rings. The van der Waals surface area contributed by atoms with E-state index < -0.39 is 0 Å². The molecule has 1 aromatic carbocycles. The van der Waals surface area contributed by atoms with Crippen molar-refractivity contribution in [3.05, 3.63) is 70.9 Å². The summed E-state index contributed by atoms with van der Waals surface area (Å²) in [6.45, 7) is 5.35. The van der Waals surface area contributed by atoms with Gasteiger partial charge < -0.3 is 14.0 Å². The van der Waals surface area contributed by atoms with Crippen LogP contribution in [0.4, 0.5) is 0 Å². The van der Waals surface area contributed by atoms with Crippen LogP contribution in [0.1, 0.15) is 33.0 Å². The van der Waals surface area contributed by atoms with E-state index in [1.165, 1.54) is 11.4 Å². The van der Waals surface area contributed by atoms with Gasteiger partial charge in [0.15, 0.2) is 5.82 Å². The van der Waals surface area contributed by atoms with Crippen molar-refractivity contribution in [3.8, 4) is 17.2 Å². The minimum atomic E-state index is 0.0333. The van der Waals surface area contributed by atoms with E-state index in [1.807, 2.05) is 52.5 Å². The summed E-state index contributed by atoms with van der Waals surface area (Å²) in [4.78, 5) is 15.2. The van der Waals surface area contributed by atoms with Gasteiger partial charge in [0, 0.05) is 61.0 Å². The molecule has 1 aliphatic rings. The quantitative estimate of drug-likeness (QED) is 0.516. The van der Waals surface area contributed by atoms with Crippen LogP contribution in [-0.2, 0) is 27.1 Å². The summed E-state index contributed by atoms with van der Waals surface area (Å²) in [6, 6.07) is 12.1. The summed E-state index contributed by atoms with van der Waals surface area (Å²) >= 11 is 0. The number of rotatable bonds is 3. The van der Waals surface area contributed by atoms with Crippen molar-refractivity contribution in [2.45, 2.75) is 26.8 Å². The Bertz CT molecular complexity index is 1260. The van der Waals surface area contributed by atoms with Gasteiger partial charge >= 0.3 is 0 Å². The van der Waals surface area contributed by atoms with Gasteiger partial charge in [0.05, 0.1) is 6.54 Å².